The number of benzene rings is 1. The molecule has 0 aromatic heterocycles. The quantitative estimate of drug-likeness (QED) is 0.758. The first kappa shape index (κ1) is 12.6. The second-order valence-corrected chi connectivity index (χ2v) is 4.64. The van der Waals surface area contributed by atoms with Gasteiger partial charge in [-0.3, -0.25) is 4.79 Å². The van der Waals surface area contributed by atoms with Gasteiger partial charge in [0.1, 0.15) is 0 Å². The van der Waals surface area contributed by atoms with Crippen LogP contribution in [0.25, 0.3) is 5.57 Å². The van der Waals surface area contributed by atoms with E-state index < -0.39 is 0 Å². The number of esters is 1. The lowest BCUT2D eigenvalue weighted by atomic mass is 9.91. The number of ether oxygens (including phenoxy) is 1. The second kappa shape index (κ2) is 5.67. The molecular formula is C16H18O2. The average Bonchev–Trinajstić information content (AvgIpc) is 2.37. The van der Waals surface area contributed by atoms with Gasteiger partial charge in [-0.2, -0.15) is 0 Å². The Kier molecular flexibility index (Phi) is 3.98. The summed E-state index contributed by atoms with van der Waals surface area (Å²) in [5.74, 6) is 0.0731. The van der Waals surface area contributed by atoms with E-state index in [0.717, 1.165) is 6.42 Å². The molecule has 0 heterocycles. The molecule has 2 rings (SSSR count). The molecule has 0 saturated carbocycles. The number of aryl methyl sites for hydroxylation is 1. The summed E-state index contributed by atoms with van der Waals surface area (Å²) < 4.78 is 5.08. The maximum Gasteiger partial charge on any atom is 0.302 e. The molecule has 1 aromatic rings. The van der Waals surface area contributed by atoms with Gasteiger partial charge in [0.25, 0.3) is 0 Å². The van der Waals surface area contributed by atoms with Crippen molar-refractivity contribution in [1.29, 1.82) is 0 Å². The largest absolute Gasteiger partial charge is 0.465 e. The number of allylic oxidation sites excluding steroid dienone is 3. The van der Waals surface area contributed by atoms with Gasteiger partial charge in [0, 0.05) is 12.8 Å². The zero-order valence-corrected chi connectivity index (χ0v) is 10.8. The summed E-state index contributed by atoms with van der Waals surface area (Å²) >= 11 is 0. The van der Waals surface area contributed by atoms with Gasteiger partial charge in [-0.1, -0.05) is 42.5 Å². The van der Waals surface area contributed by atoms with Crippen molar-refractivity contribution >= 4 is 11.5 Å². The maximum atomic E-state index is 10.8. The first-order valence-corrected chi connectivity index (χ1v) is 6.24. The minimum Gasteiger partial charge on any atom is -0.465 e. The molecule has 0 saturated heterocycles. The predicted octanol–water partition coefficient (Wildman–Crippen LogP) is 3.52. The molecule has 0 bridgehead atoms. The highest BCUT2D eigenvalue weighted by molar-refractivity contribution is 5.77. The molecule has 1 unspecified atom stereocenters. The third-order valence-corrected chi connectivity index (χ3v) is 3.11. The van der Waals surface area contributed by atoms with Crippen molar-refractivity contribution in [3.8, 4) is 0 Å². The number of carbonyl (C=O) groups is 1. The Morgan fingerprint density at radius 3 is 2.89 bits per heavy atom. The van der Waals surface area contributed by atoms with Crippen LogP contribution >= 0.6 is 0 Å². The molecule has 1 atom stereocenters. The van der Waals surface area contributed by atoms with Gasteiger partial charge in [-0.05, 0) is 30.0 Å². The van der Waals surface area contributed by atoms with E-state index in [1.54, 1.807) is 0 Å². The number of rotatable bonds is 3. The number of carbonyl (C=O) groups excluding carboxylic acids is 1. The predicted molar refractivity (Wildman–Crippen MR) is 73.0 cm³/mol. The summed E-state index contributed by atoms with van der Waals surface area (Å²) in [5, 5.41) is 0. The molecule has 0 aliphatic heterocycles. The molecule has 0 spiro atoms. The third kappa shape index (κ3) is 3.10. The highest BCUT2D eigenvalue weighted by atomic mass is 16.5. The lowest BCUT2D eigenvalue weighted by Gasteiger charge is -2.17. The smallest absolute Gasteiger partial charge is 0.302 e. The van der Waals surface area contributed by atoms with Gasteiger partial charge in [0.15, 0.2) is 0 Å². The highest BCUT2D eigenvalue weighted by Crippen LogP contribution is 2.26. The summed E-state index contributed by atoms with van der Waals surface area (Å²) in [7, 11) is 0. The molecule has 2 nitrogen and oxygen atoms in total. The van der Waals surface area contributed by atoms with Crippen molar-refractivity contribution in [2.24, 2.45) is 5.92 Å². The maximum absolute atomic E-state index is 10.8. The van der Waals surface area contributed by atoms with Crippen molar-refractivity contribution in [2.45, 2.75) is 20.3 Å². The van der Waals surface area contributed by atoms with Crippen LogP contribution in [-0.4, -0.2) is 12.6 Å². The topological polar surface area (TPSA) is 26.3 Å². The molecule has 2 heteroatoms. The van der Waals surface area contributed by atoms with Crippen LogP contribution in [0.5, 0.6) is 0 Å². The summed E-state index contributed by atoms with van der Waals surface area (Å²) in [6.07, 6.45) is 7.43. The van der Waals surface area contributed by atoms with Crippen molar-refractivity contribution in [2.75, 3.05) is 6.61 Å². The van der Waals surface area contributed by atoms with Gasteiger partial charge < -0.3 is 4.74 Å². The SMILES string of the molecule is CC(=O)OCC1C=C(c2ccccc2C)C=CC1. The van der Waals surface area contributed by atoms with E-state index in [9.17, 15) is 4.79 Å². The van der Waals surface area contributed by atoms with Gasteiger partial charge in [0.05, 0.1) is 6.61 Å². The van der Waals surface area contributed by atoms with Crippen LogP contribution in [0.3, 0.4) is 0 Å². The van der Waals surface area contributed by atoms with Gasteiger partial charge >= 0.3 is 5.97 Å². The lowest BCUT2D eigenvalue weighted by molar-refractivity contribution is -0.141. The molecule has 94 valence electrons. The van der Waals surface area contributed by atoms with Gasteiger partial charge in [-0.15, -0.1) is 0 Å². The molecule has 1 aromatic carbocycles. The fraction of sp³-hybridized carbons (Fsp3) is 0.312. The Balaban J connectivity index is 2.15. The summed E-state index contributed by atoms with van der Waals surface area (Å²) in [4.78, 5) is 10.8. The Hall–Kier alpha value is -1.83. The van der Waals surface area contributed by atoms with E-state index in [4.69, 9.17) is 4.74 Å². The normalized spacial score (nSPS) is 18.3. The Morgan fingerprint density at radius 2 is 2.17 bits per heavy atom. The number of hydrogen-bond acceptors (Lipinski definition) is 2. The van der Waals surface area contributed by atoms with Crippen LogP contribution in [0.4, 0.5) is 0 Å². The van der Waals surface area contributed by atoms with Crippen LogP contribution < -0.4 is 0 Å². The van der Waals surface area contributed by atoms with Crippen LogP contribution in [0.1, 0.15) is 24.5 Å². The molecule has 18 heavy (non-hydrogen) atoms. The van der Waals surface area contributed by atoms with E-state index in [0.29, 0.717) is 6.61 Å². The van der Waals surface area contributed by atoms with Crippen molar-refractivity contribution in [3.63, 3.8) is 0 Å². The van der Waals surface area contributed by atoms with Gasteiger partial charge in [-0.25, -0.2) is 0 Å². The van der Waals surface area contributed by atoms with E-state index in [1.165, 1.54) is 23.6 Å². The number of hydrogen-bond donors (Lipinski definition) is 0. The van der Waals surface area contributed by atoms with Crippen LogP contribution in [0.2, 0.25) is 0 Å². The van der Waals surface area contributed by atoms with Crippen LogP contribution in [0.15, 0.2) is 42.5 Å². The van der Waals surface area contributed by atoms with Crippen molar-refractivity contribution in [3.05, 3.63) is 53.6 Å². The highest BCUT2D eigenvalue weighted by Gasteiger charge is 2.12. The van der Waals surface area contributed by atoms with Crippen LogP contribution in [-0.2, 0) is 9.53 Å². The van der Waals surface area contributed by atoms with E-state index in [-0.39, 0.29) is 11.9 Å². The third-order valence-electron chi connectivity index (χ3n) is 3.11. The second-order valence-electron chi connectivity index (χ2n) is 4.64. The Morgan fingerprint density at radius 1 is 1.39 bits per heavy atom. The zero-order valence-electron chi connectivity index (χ0n) is 10.8. The average molecular weight is 242 g/mol. The summed E-state index contributed by atoms with van der Waals surface area (Å²) in [6, 6.07) is 8.33. The summed E-state index contributed by atoms with van der Waals surface area (Å²) in [6.45, 7) is 4.03. The Bertz CT molecular complexity index is 498. The fourth-order valence-corrected chi connectivity index (χ4v) is 2.16. The minimum atomic E-state index is -0.213. The lowest BCUT2D eigenvalue weighted by Crippen LogP contribution is -2.11. The standard InChI is InChI=1S/C16H18O2/c1-12-6-3-4-9-16(12)15-8-5-7-14(10-15)11-18-13(2)17/h3-6,8-10,14H,7,11H2,1-2H3. The van der Waals surface area contributed by atoms with Gasteiger partial charge in [0.2, 0.25) is 0 Å². The van der Waals surface area contributed by atoms with E-state index in [2.05, 4.69) is 37.3 Å². The van der Waals surface area contributed by atoms with E-state index >= 15 is 0 Å². The fourth-order valence-electron chi connectivity index (χ4n) is 2.16. The molecule has 1 aliphatic carbocycles. The first-order chi connectivity index (χ1) is 8.66. The molecule has 1 aliphatic rings. The van der Waals surface area contributed by atoms with Crippen molar-refractivity contribution < 1.29 is 9.53 Å². The molecule has 0 fully saturated rings. The monoisotopic (exact) mass is 242 g/mol. The molecular weight excluding hydrogens is 224 g/mol. The molecule has 0 N–H and O–H groups in total. The Labute approximate surface area is 108 Å². The molecule has 0 radical (unpaired) electrons. The molecule has 0 amide bonds. The van der Waals surface area contributed by atoms with Crippen LogP contribution in [0, 0.1) is 12.8 Å². The van der Waals surface area contributed by atoms with E-state index in [1.807, 2.05) is 12.1 Å². The summed E-state index contributed by atoms with van der Waals surface area (Å²) in [5.41, 5.74) is 3.74. The first-order valence-electron chi connectivity index (χ1n) is 6.24. The minimum absolute atomic E-state index is 0.213. The van der Waals surface area contributed by atoms with Crippen molar-refractivity contribution in [1.82, 2.24) is 0 Å². The zero-order chi connectivity index (χ0) is 13.0.